The molecule has 1 aromatic carbocycles. The number of nitrogens with one attached hydrogen (secondary N) is 2. The van der Waals surface area contributed by atoms with E-state index >= 15 is 0 Å². The van der Waals surface area contributed by atoms with E-state index in [1.807, 2.05) is 30.3 Å². The van der Waals surface area contributed by atoms with Crippen LogP contribution in [0.1, 0.15) is 33.4 Å². The Morgan fingerprint density at radius 1 is 1.18 bits per heavy atom. The van der Waals surface area contributed by atoms with E-state index in [4.69, 9.17) is 16.2 Å². The third-order valence-corrected chi connectivity index (χ3v) is 4.88. The first-order valence-corrected chi connectivity index (χ1v) is 8.87. The first kappa shape index (κ1) is 17.7. The number of carbonyl (C=O) groups is 1. The summed E-state index contributed by atoms with van der Waals surface area (Å²) in [6.07, 6.45) is 0.526. The monoisotopic (exact) mass is 377 g/mol. The molecule has 3 heterocycles. The van der Waals surface area contributed by atoms with Crippen LogP contribution in [0.2, 0.25) is 0 Å². The number of nitrogens with two attached hydrogens (primary N) is 2. The fourth-order valence-corrected chi connectivity index (χ4v) is 3.62. The lowest BCUT2D eigenvalue weighted by molar-refractivity contribution is -0.379. The number of fused-ring (bicyclic) bond motifs is 1. The summed E-state index contributed by atoms with van der Waals surface area (Å²) in [5.41, 5.74) is 16.7. The summed E-state index contributed by atoms with van der Waals surface area (Å²) >= 11 is 0. The molecular weight excluding hydrogens is 356 g/mol. The summed E-state index contributed by atoms with van der Waals surface area (Å²) in [4.78, 5) is 24.3. The summed E-state index contributed by atoms with van der Waals surface area (Å²) in [5, 5.41) is 3.07. The number of nitrogen functional groups attached to an aromatic ring is 2. The number of nitrogens with zero attached hydrogens (tertiary/aromatic N) is 2. The van der Waals surface area contributed by atoms with Crippen molar-refractivity contribution < 1.29 is 14.5 Å². The standard InChI is InChI=1S/C20H20N6O2/c1-10-17-16(26-20(22)23-10)9-15(24-18(17)27)12-6-4-3-5-11(12)14-8-7-13(21)19(25-14)28-2/h3-8,15H,9,21H2,1-2H3,(H,24,27)(H2,22,23,26)/p+1/t15-/m1/s1. The Kier molecular flexibility index (Phi) is 4.31. The lowest BCUT2D eigenvalue weighted by Crippen LogP contribution is -2.37. The van der Waals surface area contributed by atoms with Crippen LogP contribution in [0, 0.1) is 6.92 Å². The fraction of sp³-hybridized carbons (Fsp3) is 0.200. The van der Waals surface area contributed by atoms with Gasteiger partial charge in [-0.05, 0) is 24.6 Å². The van der Waals surface area contributed by atoms with Crippen LogP contribution < -0.4 is 26.5 Å². The quantitative estimate of drug-likeness (QED) is 0.633. The molecule has 3 aromatic rings. The molecule has 0 fully saturated rings. The van der Waals surface area contributed by atoms with Crippen LogP contribution in [0.3, 0.4) is 0 Å². The lowest BCUT2D eigenvalue weighted by atomic mass is 9.90. The van der Waals surface area contributed by atoms with E-state index in [1.165, 1.54) is 0 Å². The van der Waals surface area contributed by atoms with Crippen molar-refractivity contribution in [3.63, 3.8) is 0 Å². The van der Waals surface area contributed by atoms with Crippen LogP contribution >= 0.6 is 0 Å². The summed E-state index contributed by atoms with van der Waals surface area (Å²) in [7, 11) is 1.56. The Bertz CT molecular complexity index is 1080. The normalized spacial score (nSPS) is 15.6. The second-order valence-corrected chi connectivity index (χ2v) is 6.67. The largest absolute Gasteiger partial charge is 0.446 e. The maximum atomic E-state index is 12.7. The molecule has 0 saturated carbocycles. The van der Waals surface area contributed by atoms with Gasteiger partial charge in [0.05, 0.1) is 35.7 Å². The van der Waals surface area contributed by atoms with Crippen molar-refractivity contribution in [2.75, 3.05) is 18.6 Å². The predicted octanol–water partition coefficient (Wildman–Crippen LogP) is 1.47. The van der Waals surface area contributed by atoms with Gasteiger partial charge < -0.3 is 21.5 Å². The maximum Gasteiger partial charge on any atom is 0.390 e. The number of hydrogen-bond acceptors (Lipinski definition) is 6. The minimum absolute atomic E-state index is 0.176. The van der Waals surface area contributed by atoms with Gasteiger partial charge in [0.2, 0.25) is 11.6 Å². The van der Waals surface area contributed by atoms with Crippen molar-refractivity contribution in [1.29, 1.82) is 0 Å². The van der Waals surface area contributed by atoms with Gasteiger partial charge in [0.15, 0.2) is 0 Å². The number of anilines is 2. The number of rotatable bonds is 3. The van der Waals surface area contributed by atoms with Gasteiger partial charge in [-0.3, -0.25) is 4.79 Å². The number of pyridine rings is 1. The van der Waals surface area contributed by atoms with Gasteiger partial charge in [-0.2, -0.15) is 4.98 Å². The van der Waals surface area contributed by atoms with Gasteiger partial charge in [-0.1, -0.05) is 18.2 Å². The second kappa shape index (κ2) is 6.80. The van der Waals surface area contributed by atoms with Gasteiger partial charge in [-0.25, -0.2) is 9.97 Å². The molecule has 8 heteroatoms. The van der Waals surface area contributed by atoms with Crippen LogP contribution in [0.25, 0.3) is 11.3 Å². The Morgan fingerprint density at radius 2 is 1.96 bits per heavy atom. The zero-order valence-electron chi connectivity index (χ0n) is 15.6. The first-order valence-electron chi connectivity index (χ1n) is 8.87. The number of aryl methyl sites for hydroxylation is 1. The topological polar surface area (TPSA) is 130 Å². The summed E-state index contributed by atoms with van der Waals surface area (Å²) in [5.74, 6) is 0.466. The summed E-state index contributed by atoms with van der Waals surface area (Å²) < 4.78 is 5.30. The minimum atomic E-state index is -0.248. The average molecular weight is 377 g/mol. The van der Waals surface area contributed by atoms with E-state index < -0.39 is 0 Å². The minimum Gasteiger partial charge on any atom is -0.446 e. The third kappa shape index (κ3) is 2.98. The highest BCUT2D eigenvalue weighted by molar-refractivity contribution is 5.98. The summed E-state index contributed by atoms with van der Waals surface area (Å²) in [6, 6.07) is 11.3. The predicted molar refractivity (Wildman–Crippen MR) is 104 cm³/mol. The van der Waals surface area contributed by atoms with E-state index in [-0.39, 0.29) is 17.9 Å². The van der Waals surface area contributed by atoms with Gasteiger partial charge in [0, 0.05) is 12.5 Å². The molecule has 2 aromatic heterocycles. The van der Waals surface area contributed by atoms with Crippen LogP contribution in [-0.2, 0) is 6.42 Å². The summed E-state index contributed by atoms with van der Waals surface area (Å²) in [6.45, 7) is 1.76. The molecule has 0 radical (unpaired) electrons. The molecule has 28 heavy (non-hydrogen) atoms. The molecule has 0 saturated heterocycles. The van der Waals surface area contributed by atoms with E-state index in [0.29, 0.717) is 34.9 Å². The number of H-pyrrole nitrogens is 1. The SMILES string of the molecule is COc1[nH+]c(-c2ccccc2[C@H]2Cc3nc(N)nc(C)c3C(=O)N2)ccc1N. The van der Waals surface area contributed by atoms with Crippen LogP contribution in [-0.4, -0.2) is 23.0 Å². The number of hydrogen-bond donors (Lipinski definition) is 3. The van der Waals surface area contributed by atoms with Gasteiger partial charge in [0.25, 0.3) is 5.91 Å². The number of benzene rings is 1. The molecule has 0 bridgehead atoms. The van der Waals surface area contributed by atoms with Crippen LogP contribution in [0.15, 0.2) is 36.4 Å². The number of carbonyl (C=O) groups excluding carboxylic acids is 1. The van der Waals surface area contributed by atoms with E-state index in [0.717, 1.165) is 16.8 Å². The van der Waals surface area contributed by atoms with Crippen molar-refractivity contribution in [1.82, 2.24) is 15.3 Å². The molecule has 0 unspecified atom stereocenters. The van der Waals surface area contributed by atoms with Crippen molar-refractivity contribution in [3.8, 4) is 17.1 Å². The van der Waals surface area contributed by atoms with Gasteiger partial charge in [-0.15, -0.1) is 0 Å². The second-order valence-electron chi connectivity index (χ2n) is 6.67. The highest BCUT2D eigenvalue weighted by Gasteiger charge is 2.31. The number of aromatic amines is 1. The zero-order chi connectivity index (χ0) is 19.8. The van der Waals surface area contributed by atoms with Crippen molar-refractivity contribution >= 4 is 17.5 Å². The maximum absolute atomic E-state index is 12.7. The van der Waals surface area contributed by atoms with E-state index in [1.54, 1.807) is 20.1 Å². The van der Waals surface area contributed by atoms with Crippen molar-refractivity contribution in [2.45, 2.75) is 19.4 Å². The fourth-order valence-electron chi connectivity index (χ4n) is 3.62. The number of amides is 1. The van der Waals surface area contributed by atoms with Crippen molar-refractivity contribution in [3.05, 3.63) is 58.9 Å². The molecule has 1 atom stereocenters. The molecule has 8 nitrogen and oxygen atoms in total. The molecule has 6 N–H and O–H groups in total. The highest BCUT2D eigenvalue weighted by atomic mass is 16.5. The van der Waals surface area contributed by atoms with Gasteiger partial charge >= 0.3 is 5.88 Å². The van der Waals surface area contributed by atoms with E-state index in [9.17, 15) is 4.79 Å². The number of ether oxygens (including phenoxy) is 1. The molecule has 4 rings (SSSR count). The molecule has 1 aliphatic heterocycles. The molecule has 0 spiro atoms. The molecule has 1 amide bonds. The molecular formula is C20H21N6O2+. The van der Waals surface area contributed by atoms with Gasteiger partial charge in [0.1, 0.15) is 5.69 Å². The third-order valence-electron chi connectivity index (χ3n) is 4.88. The Labute approximate surface area is 162 Å². The van der Waals surface area contributed by atoms with Crippen LogP contribution in [0.5, 0.6) is 5.88 Å². The molecule has 142 valence electrons. The molecule has 0 aliphatic carbocycles. The highest BCUT2D eigenvalue weighted by Crippen LogP contribution is 2.32. The Hall–Kier alpha value is -3.68. The smallest absolute Gasteiger partial charge is 0.390 e. The van der Waals surface area contributed by atoms with Crippen LogP contribution in [0.4, 0.5) is 11.6 Å². The number of methoxy groups -OCH3 is 1. The first-order chi connectivity index (χ1) is 13.5. The Morgan fingerprint density at radius 3 is 2.75 bits per heavy atom. The number of aromatic nitrogens is 3. The van der Waals surface area contributed by atoms with Crippen molar-refractivity contribution in [2.24, 2.45) is 0 Å². The van der Waals surface area contributed by atoms with E-state index in [2.05, 4.69) is 20.3 Å². The average Bonchev–Trinajstić information content (AvgIpc) is 2.67. The molecule has 1 aliphatic rings. The lowest BCUT2D eigenvalue weighted by Gasteiger charge is -2.27. The zero-order valence-corrected chi connectivity index (χ0v) is 15.6. The Balaban J connectivity index is 1.78.